The molecule has 384 valence electrons. The fourth-order valence-corrected chi connectivity index (χ4v) is 8.30. The molecule has 66 heavy (non-hydrogen) atoms. The van der Waals surface area contributed by atoms with Crippen molar-refractivity contribution in [1.82, 2.24) is 0 Å². The molecule has 0 saturated heterocycles. The molecule has 0 aromatic rings. The van der Waals surface area contributed by atoms with Crippen LogP contribution in [-0.2, 0) is 23.8 Å². The van der Waals surface area contributed by atoms with E-state index in [1.54, 1.807) is 0 Å². The number of hydrogen-bond donors (Lipinski definition) is 0. The van der Waals surface area contributed by atoms with Crippen LogP contribution >= 0.6 is 0 Å². The minimum atomic E-state index is -0.547. The third-order valence-corrected chi connectivity index (χ3v) is 12.6. The highest BCUT2D eigenvalue weighted by atomic mass is 16.6. The van der Waals surface area contributed by atoms with Gasteiger partial charge in [-0.25, -0.2) is 0 Å². The van der Waals surface area contributed by atoms with Crippen molar-refractivity contribution in [3.8, 4) is 0 Å². The molecule has 0 aliphatic carbocycles. The maximum Gasteiger partial charge on any atom is 0.306 e. The first-order valence-corrected chi connectivity index (χ1v) is 28.8. The Morgan fingerprint density at radius 3 is 1.09 bits per heavy atom. The van der Waals surface area contributed by atoms with Crippen molar-refractivity contribution in [3.05, 3.63) is 60.8 Å². The van der Waals surface area contributed by atoms with Crippen molar-refractivity contribution >= 4 is 11.9 Å². The van der Waals surface area contributed by atoms with Gasteiger partial charge in [-0.2, -0.15) is 0 Å². The van der Waals surface area contributed by atoms with Gasteiger partial charge in [-0.3, -0.25) is 9.59 Å². The minimum absolute atomic E-state index is 0.0718. The van der Waals surface area contributed by atoms with Gasteiger partial charge in [-0.1, -0.05) is 274 Å². The van der Waals surface area contributed by atoms with Gasteiger partial charge in [0.15, 0.2) is 6.10 Å². The highest BCUT2D eigenvalue weighted by Crippen LogP contribution is 2.16. The summed E-state index contributed by atoms with van der Waals surface area (Å²) >= 11 is 0. The molecule has 0 saturated carbocycles. The summed E-state index contributed by atoms with van der Waals surface area (Å²) in [5.41, 5.74) is 0. The third-order valence-electron chi connectivity index (χ3n) is 12.6. The second-order valence-corrected chi connectivity index (χ2v) is 19.2. The van der Waals surface area contributed by atoms with Crippen molar-refractivity contribution in [2.24, 2.45) is 0 Å². The lowest BCUT2D eigenvalue weighted by atomic mass is 10.0. The van der Waals surface area contributed by atoms with Gasteiger partial charge in [-0.15, -0.1) is 0 Å². The molecule has 0 aliphatic rings. The Morgan fingerprint density at radius 2 is 0.682 bits per heavy atom. The van der Waals surface area contributed by atoms with Crippen LogP contribution in [0, 0.1) is 0 Å². The predicted octanol–water partition coefficient (Wildman–Crippen LogP) is 19.7. The zero-order valence-electron chi connectivity index (χ0n) is 44.2. The Balaban J connectivity index is 4.29. The molecule has 0 aliphatic heterocycles. The van der Waals surface area contributed by atoms with Gasteiger partial charge in [0, 0.05) is 19.4 Å². The molecule has 0 fully saturated rings. The van der Waals surface area contributed by atoms with E-state index >= 15 is 0 Å². The summed E-state index contributed by atoms with van der Waals surface area (Å²) in [4.78, 5) is 25.5. The average Bonchev–Trinajstić information content (AvgIpc) is 3.32. The van der Waals surface area contributed by atoms with Crippen LogP contribution in [0.4, 0.5) is 0 Å². The van der Waals surface area contributed by atoms with Crippen LogP contribution in [0.25, 0.3) is 0 Å². The van der Waals surface area contributed by atoms with Crippen molar-refractivity contribution < 1.29 is 23.8 Å². The number of ether oxygens (including phenoxy) is 3. The van der Waals surface area contributed by atoms with E-state index in [-0.39, 0.29) is 25.2 Å². The molecule has 0 aromatic carbocycles. The topological polar surface area (TPSA) is 61.8 Å². The van der Waals surface area contributed by atoms with Crippen LogP contribution in [0.2, 0.25) is 0 Å². The molecule has 0 radical (unpaired) electrons. The van der Waals surface area contributed by atoms with E-state index in [0.717, 1.165) is 83.5 Å². The summed E-state index contributed by atoms with van der Waals surface area (Å²) in [5.74, 6) is -0.418. The highest BCUT2D eigenvalue weighted by Gasteiger charge is 2.17. The molecule has 0 bridgehead atoms. The largest absolute Gasteiger partial charge is 0.462 e. The lowest BCUT2D eigenvalue weighted by Crippen LogP contribution is -2.30. The lowest BCUT2D eigenvalue weighted by Gasteiger charge is -2.18. The number of unbranched alkanes of at least 4 members (excludes halogenated alkanes) is 32. The molecule has 0 rings (SSSR count). The summed E-state index contributed by atoms with van der Waals surface area (Å²) in [6.07, 6.45) is 72.4. The smallest absolute Gasteiger partial charge is 0.306 e. The standard InChI is InChI=1S/C61H110O5/c1-4-7-10-13-16-19-22-25-28-30-31-33-34-36-39-42-45-48-51-54-60(62)65-58-59(57-64-56-53-50-47-44-41-38-27-24-21-18-15-12-9-6-3)66-61(63)55-52-49-46-43-40-37-35-32-29-26-23-20-17-14-11-8-5-2/h7,10,16,19,25,28,31,33,36,39,59H,4-6,8-9,11-15,17-18,20-24,26-27,29-30,32,34-35,37-38,40-58H2,1-3H3/b10-7-,19-16-,28-25-,33-31-,39-36-. The molecule has 1 atom stereocenters. The van der Waals surface area contributed by atoms with E-state index in [1.807, 2.05) is 0 Å². The number of carbonyl (C=O) groups is 2. The van der Waals surface area contributed by atoms with Crippen LogP contribution < -0.4 is 0 Å². The van der Waals surface area contributed by atoms with Gasteiger partial charge >= 0.3 is 11.9 Å². The van der Waals surface area contributed by atoms with Crippen LogP contribution in [0.3, 0.4) is 0 Å². The normalized spacial score (nSPS) is 12.6. The van der Waals surface area contributed by atoms with Gasteiger partial charge in [-0.05, 0) is 64.2 Å². The number of rotatable bonds is 53. The number of carbonyl (C=O) groups excluding carboxylic acids is 2. The van der Waals surface area contributed by atoms with Crippen molar-refractivity contribution in [2.75, 3.05) is 19.8 Å². The Hall–Kier alpha value is -2.40. The summed E-state index contributed by atoms with van der Waals surface area (Å²) < 4.78 is 17.5. The third kappa shape index (κ3) is 54.2. The quantitative estimate of drug-likeness (QED) is 0.0346. The lowest BCUT2D eigenvalue weighted by molar-refractivity contribution is -0.163. The number of esters is 2. The van der Waals surface area contributed by atoms with Crippen LogP contribution in [0.15, 0.2) is 60.8 Å². The Labute approximate surface area is 411 Å². The molecular formula is C61H110O5. The summed E-state index contributed by atoms with van der Waals surface area (Å²) in [7, 11) is 0. The van der Waals surface area contributed by atoms with Crippen LogP contribution in [-0.4, -0.2) is 37.9 Å². The van der Waals surface area contributed by atoms with Gasteiger partial charge in [0.05, 0.1) is 6.61 Å². The SMILES string of the molecule is CC/C=C\C/C=C\C/C=C\C/C=C\C/C=C\CCCCCC(=O)OCC(COCCCCCCCCCCCCCCCC)OC(=O)CCCCCCCCCCCCCCCCCCC. The van der Waals surface area contributed by atoms with Crippen molar-refractivity contribution in [1.29, 1.82) is 0 Å². The zero-order chi connectivity index (χ0) is 47.7. The summed E-state index contributed by atoms with van der Waals surface area (Å²) in [5, 5.41) is 0. The van der Waals surface area contributed by atoms with Gasteiger partial charge in [0.25, 0.3) is 0 Å². The molecule has 0 spiro atoms. The first kappa shape index (κ1) is 63.6. The maximum atomic E-state index is 12.9. The van der Waals surface area contributed by atoms with E-state index in [9.17, 15) is 9.59 Å². The fourth-order valence-electron chi connectivity index (χ4n) is 8.30. The minimum Gasteiger partial charge on any atom is -0.462 e. The zero-order valence-corrected chi connectivity index (χ0v) is 44.2. The van der Waals surface area contributed by atoms with Crippen molar-refractivity contribution in [2.45, 2.75) is 297 Å². The van der Waals surface area contributed by atoms with Gasteiger partial charge in [0.2, 0.25) is 0 Å². The van der Waals surface area contributed by atoms with Crippen LogP contribution in [0.5, 0.6) is 0 Å². The van der Waals surface area contributed by atoms with Gasteiger partial charge < -0.3 is 14.2 Å². The molecule has 0 amide bonds. The van der Waals surface area contributed by atoms with E-state index in [1.165, 1.54) is 173 Å². The van der Waals surface area contributed by atoms with Gasteiger partial charge in [0.1, 0.15) is 6.61 Å². The molecule has 5 heteroatoms. The van der Waals surface area contributed by atoms with Crippen LogP contribution in [0.1, 0.15) is 290 Å². The fraction of sp³-hybridized carbons (Fsp3) is 0.803. The highest BCUT2D eigenvalue weighted by molar-refractivity contribution is 5.70. The Kier molecular flexibility index (Phi) is 54.9. The second kappa shape index (κ2) is 56.9. The average molecular weight is 924 g/mol. The Bertz CT molecular complexity index is 1130. The van der Waals surface area contributed by atoms with E-state index in [4.69, 9.17) is 14.2 Å². The molecular weight excluding hydrogens is 813 g/mol. The predicted molar refractivity (Wildman–Crippen MR) is 288 cm³/mol. The van der Waals surface area contributed by atoms with E-state index < -0.39 is 6.10 Å². The monoisotopic (exact) mass is 923 g/mol. The first-order valence-electron chi connectivity index (χ1n) is 28.8. The summed E-state index contributed by atoms with van der Waals surface area (Å²) in [6.45, 7) is 7.73. The maximum absolute atomic E-state index is 12.9. The molecule has 0 aromatic heterocycles. The molecule has 0 heterocycles. The Morgan fingerprint density at radius 1 is 0.348 bits per heavy atom. The van der Waals surface area contributed by atoms with E-state index in [0.29, 0.717) is 19.4 Å². The number of hydrogen-bond acceptors (Lipinski definition) is 5. The molecule has 5 nitrogen and oxygen atoms in total. The number of allylic oxidation sites excluding steroid dienone is 10. The molecule has 0 N–H and O–H groups in total. The molecule has 1 unspecified atom stereocenters. The first-order chi connectivity index (χ1) is 32.6. The van der Waals surface area contributed by atoms with E-state index in [2.05, 4.69) is 81.5 Å². The summed E-state index contributed by atoms with van der Waals surface area (Å²) in [6, 6.07) is 0. The second-order valence-electron chi connectivity index (χ2n) is 19.2. The van der Waals surface area contributed by atoms with Crippen molar-refractivity contribution in [3.63, 3.8) is 0 Å².